The summed E-state index contributed by atoms with van der Waals surface area (Å²) in [5.74, 6) is 1.28. The second-order valence-corrected chi connectivity index (χ2v) is 19.2. The number of carbonyl (C=O) groups excluding carboxylic acids is 4. The summed E-state index contributed by atoms with van der Waals surface area (Å²) in [5, 5.41) is 3.34. The minimum absolute atomic E-state index is 0.00467. The molecule has 0 radical (unpaired) electrons. The third-order valence-electron chi connectivity index (χ3n) is 15.4. The van der Waals surface area contributed by atoms with E-state index in [0.717, 1.165) is 76.6 Å². The van der Waals surface area contributed by atoms with Crippen LogP contribution in [0.25, 0.3) is 0 Å². The molecule has 2 amide bonds. The first-order valence-electron chi connectivity index (χ1n) is 19.7. The molecule has 1 aliphatic heterocycles. The molecule has 1 saturated heterocycles. The van der Waals surface area contributed by atoms with Crippen LogP contribution < -0.4 is 11.1 Å². The number of nitrogens with two attached hydrogens (primary N) is 1. The van der Waals surface area contributed by atoms with Crippen molar-refractivity contribution in [3.8, 4) is 0 Å². The molecule has 0 aromatic rings. The Morgan fingerprint density at radius 1 is 0.939 bits per heavy atom. The number of nitrogens with one attached hydrogen (secondary N) is 1. The van der Waals surface area contributed by atoms with Crippen LogP contribution in [0.15, 0.2) is 11.1 Å². The van der Waals surface area contributed by atoms with Gasteiger partial charge in [0.2, 0.25) is 11.8 Å². The zero-order valence-electron chi connectivity index (χ0n) is 31.8. The molecule has 0 bridgehead atoms. The summed E-state index contributed by atoms with van der Waals surface area (Å²) in [7, 11) is 0. The molecule has 7 unspecified atom stereocenters. The molecule has 8 heteroatoms. The standard InChI is InChI=1S/C41H65N3O5/c1-25(2)33-28(45)23-41(36(48)43-19-22-44-20-9-10-21-44)18-13-27-26(34(33)41)11-12-30-39(27,7)16-14-29-38(5,6)31(15-17-40(29,30)8)49-32(46)24-37(3,4)35(42)47/h25-27,29-31H,9-24H2,1-8H3,(H2,42,47)(H,43,48)/t26?,27?,29?,30?,31?,39?,40?,41-/m1/s1. The number of ketones is 1. The number of Topliss-reactive ketones (excluding diaryl/α,β-unsaturated/α-hetero) is 1. The molecule has 4 saturated carbocycles. The van der Waals surface area contributed by atoms with Crippen LogP contribution in [0.5, 0.6) is 0 Å². The Kier molecular flexibility index (Phi) is 9.53. The number of likely N-dealkylation sites (tertiary alicyclic amines) is 1. The number of esters is 1. The van der Waals surface area contributed by atoms with E-state index in [0.29, 0.717) is 30.7 Å². The molecule has 0 aromatic carbocycles. The molecule has 3 N–H and O–H groups in total. The molecule has 5 fully saturated rings. The fraction of sp³-hybridized carbons (Fsp3) is 0.854. The molecule has 6 aliphatic rings. The number of allylic oxidation sites excluding steroid dienone is 1. The lowest BCUT2D eigenvalue weighted by atomic mass is 9.36. The lowest BCUT2D eigenvalue weighted by Crippen LogP contribution is -2.63. The molecule has 6 rings (SSSR count). The zero-order chi connectivity index (χ0) is 35.7. The number of fused-ring (bicyclic) bond motifs is 7. The van der Waals surface area contributed by atoms with Crippen LogP contribution in [0, 0.1) is 56.7 Å². The van der Waals surface area contributed by atoms with Gasteiger partial charge in [0.25, 0.3) is 0 Å². The van der Waals surface area contributed by atoms with Crippen LogP contribution in [0.1, 0.15) is 132 Å². The molecule has 8 nitrogen and oxygen atoms in total. The highest BCUT2D eigenvalue weighted by Crippen LogP contribution is 2.73. The van der Waals surface area contributed by atoms with Gasteiger partial charge in [-0.1, -0.05) is 55.4 Å². The van der Waals surface area contributed by atoms with Gasteiger partial charge in [-0.25, -0.2) is 0 Å². The van der Waals surface area contributed by atoms with E-state index in [-0.39, 0.29) is 58.3 Å². The van der Waals surface area contributed by atoms with Crippen molar-refractivity contribution in [1.82, 2.24) is 10.2 Å². The lowest BCUT2D eigenvalue weighted by Gasteiger charge is -2.68. The Bertz CT molecular complexity index is 1390. The first-order valence-corrected chi connectivity index (χ1v) is 19.7. The SMILES string of the molecule is CC(C)C1=C2C3CCC4C(C)(CCC5C(C)(C)C(OC(=O)CC(C)(C)C(N)=O)CCC54C)C3CC[C@@]2(C(=O)NCCN2CCCC2)CC1=O. The second-order valence-electron chi connectivity index (χ2n) is 19.2. The number of amides is 2. The second kappa shape index (κ2) is 12.8. The van der Waals surface area contributed by atoms with Crippen molar-refractivity contribution in [3.05, 3.63) is 11.1 Å². The van der Waals surface area contributed by atoms with E-state index in [4.69, 9.17) is 10.5 Å². The monoisotopic (exact) mass is 679 g/mol. The predicted molar refractivity (Wildman–Crippen MR) is 191 cm³/mol. The summed E-state index contributed by atoms with van der Waals surface area (Å²) in [6.45, 7) is 21.1. The maximum atomic E-state index is 14.3. The Labute approximate surface area is 295 Å². The molecular formula is C41H65N3O5. The largest absolute Gasteiger partial charge is 0.462 e. The fourth-order valence-corrected chi connectivity index (χ4v) is 12.9. The van der Waals surface area contributed by atoms with E-state index < -0.39 is 16.7 Å². The van der Waals surface area contributed by atoms with Crippen LogP contribution in [0.3, 0.4) is 0 Å². The molecule has 49 heavy (non-hydrogen) atoms. The smallest absolute Gasteiger partial charge is 0.307 e. The van der Waals surface area contributed by atoms with Gasteiger partial charge < -0.3 is 20.7 Å². The minimum atomic E-state index is -0.934. The van der Waals surface area contributed by atoms with Crippen molar-refractivity contribution in [2.45, 2.75) is 139 Å². The van der Waals surface area contributed by atoms with Crippen LogP contribution in [-0.2, 0) is 23.9 Å². The van der Waals surface area contributed by atoms with Crippen LogP contribution in [-0.4, -0.2) is 60.7 Å². The molecule has 0 aromatic heterocycles. The molecular weight excluding hydrogens is 614 g/mol. The van der Waals surface area contributed by atoms with Crippen molar-refractivity contribution in [1.29, 1.82) is 0 Å². The quantitative estimate of drug-likeness (QED) is 0.265. The summed E-state index contributed by atoms with van der Waals surface area (Å²) in [6, 6.07) is 0. The van der Waals surface area contributed by atoms with Gasteiger partial charge in [0, 0.05) is 24.9 Å². The van der Waals surface area contributed by atoms with Crippen LogP contribution in [0.2, 0.25) is 0 Å². The summed E-state index contributed by atoms with van der Waals surface area (Å²) < 4.78 is 6.19. The summed E-state index contributed by atoms with van der Waals surface area (Å²) in [4.78, 5) is 55.5. The Morgan fingerprint density at radius 3 is 2.27 bits per heavy atom. The number of carbonyl (C=O) groups is 4. The Balaban J connectivity index is 1.23. The third-order valence-corrected chi connectivity index (χ3v) is 15.4. The van der Waals surface area contributed by atoms with E-state index in [1.165, 1.54) is 18.4 Å². The molecule has 274 valence electrons. The normalized spacial score (nSPS) is 38.8. The number of rotatable bonds is 9. The highest BCUT2D eigenvalue weighted by atomic mass is 16.5. The molecule has 8 atom stereocenters. The highest BCUT2D eigenvalue weighted by molar-refractivity contribution is 6.06. The summed E-state index contributed by atoms with van der Waals surface area (Å²) in [5.41, 5.74) is 6.18. The van der Waals surface area contributed by atoms with E-state index in [1.807, 2.05) is 0 Å². The van der Waals surface area contributed by atoms with Gasteiger partial charge in [0.15, 0.2) is 5.78 Å². The van der Waals surface area contributed by atoms with E-state index in [9.17, 15) is 19.2 Å². The molecule has 0 spiro atoms. The van der Waals surface area contributed by atoms with Crippen LogP contribution in [0.4, 0.5) is 0 Å². The van der Waals surface area contributed by atoms with Gasteiger partial charge in [0.05, 0.1) is 17.3 Å². The first kappa shape index (κ1) is 36.6. The number of nitrogens with zero attached hydrogens (tertiary/aromatic N) is 1. The van der Waals surface area contributed by atoms with Gasteiger partial charge in [-0.05, 0) is 129 Å². The number of ether oxygens (including phenoxy) is 1. The lowest BCUT2D eigenvalue weighted by molar-refractivity contribution is -0.213. The minimum Gasteiger partial charge on any atom is -0.462 e. The Morgan fingerprint density at radius 2 is 1.61 bits per heavy atom. The summed E-state index contributed by atoms with van der Waals surface area (Å²) >= 11 is 0. The van der Waals surface area contributed by atoms with E-state index in [1.54, 1.807) is 13.8 Å². The van der Waals surface area contributed by atoms with Crippen molar-refractivity contribution in [3.63, 3.8) is 0 Å². The van der Waals surface area contributed by atoms with Crippen molar-refractivity contribution in [2.24, 2.45) is 62.4 Å². The van der Waals surface area contributed by atoms with Gasteiger partial charge in [-0.15, -0.1) is 0 Å². The van der Waals surface area contributed by atoms with Crippen molar-refractivity contribution in [2.75, 3.05) is 26.2 Å². The first-order chi connectivity index (χ1) is 22.9. The van der Waals surface area contributed by atoms with E-state index >= 15 is 0 Å². The van der Waals surface area contributed by atoms with Crippen molar-refractivity contribution >= 4 is 23.6 Å². The van der Waals surface area contributed by atoms with Crippen LogP contribution >= 0.6 is 0 Å². The maximum absolute atomic E-state index is 14.3. The number of hydrogen-bond donors (Lipinski definition) is 2. The molecule has 5 aliphatic carbocycles. The Hall–Kier alpha value is -2.22. The zero-order valence-corrected chi connectivity index (χ0v) is 31.8. The fourth-order valence-electron chi connectivity index (χ4n) is 12.9. The van der Waals surface area contributed by atoms with E-state index in [2.05, 4.69) is 51.8 Å². The maximum Gasteiger partial charge on any atom is 0.307 e. The number of hydrogen-bond acceptors (Lipinski definition) is 6. The van der Waals surface area contributed by atoms with Crippen molar-refractivity contribution < 1.29 is 23.9 Å². The average molecular weight is 680 g/mol. The summed E-state index contributed by atoms with van der Waals surface area (Å²) in [6.07, 6.45) is 10.6. The van der Waals surface area contributed by atoms with Gasteiger partial charge in [-0.3, -0.25) is 19.2 Å². The van der Waals surface area contributed by atoms with Gasteiger partial charge in [0.1, 0.15) is 6.10 Å². The third kappa shape index (κ3) is 5.92. The number of primary amides is 1. The van der Waals surface area contributed by atoms with Gasteiger partial charge in [-0.2, -0.15) is 0 Å². The predicted octanol–water partition coefficient (Wildman–Crippen LogP) is 6.60. The molecule has 1 heterocycles. The average Bonchev–Trinajstić information content (AvgIpc) is 3.63. The highest BCUT2D eigenvalue weighted by Gasteiger charge is 2.67. The van der Waals surface area contributed by atoms with Gasteiger partial charge >= 0.3 is 5.97 Å². The topological polar surface area (TPSA) is 119 Å².